The van der Waals surface area contributed by atoms with Gasteiger partial charge < -0.3 is 25.1 Å². The zero-order chi connectivity index (χ0) is 25.9. The SMILES string of the molecule is C[Si](C)(CCCCOC(=O)c1cccc(N)c1)O[Si](C)(C)CCCCOC(=O)c1cccc(N)c1. The van der Waals surface area contributed by atoms with Gasteiger partial charge >= 0.3 is 11.9 Å². The van der Waals surface area contributed by atoms with Gasteiger partial charge in [0.1, 0.15) is 0 Å². The van der Waals surface area contributed by atoms with Gasteiger partial charge in [0.2, 0.25) is 0 Å². The van der Waals surface area contributed by atoms with Crippen LogP contribution in [0.5, 0.6) is 0 Å². The van der Waals surface area contributed by atoms with E-state index in [0.717, 1.165) is 37.8 Å². The maximum Gasteiger partial charge on any atom is 0.338 e. The molecule has 35 heavy (non-hydrogen) atoms. The standard InChI is InChI=1S/C26H40N2O5Si2/c1-34(2,17-7-5-15-31-25(29)21-11-9-13-23(27)19-21)33-35(3,4)18-8-6-16-32-26(30)22-12-10-14-24(28)20-22/h9-14,19-20H,5-8,15-18,27-28H2,1-4H3. The predicted octanol–water partition coefficient (Wildman–Crippen LogP) is 5.85. The number of ether oxygens (including phenoxy) is 2. The molecule has 2 aromatic carbocycles. The van der Waals surface area contributed by atoms with Crippen molar-refractivity contribution in [3.63, 3.8) is 0 Å². The lowest BCUT2D eigenvalue weighted by Gasteiger charge is -2.34. The zero-order valence-corrected chi connectivity index (χ0v) is 23.5. The van der Waals surface area contributed by atoms with Crippen molar-refractivity contribution in [2.45, 2.75) is 64.0 Å². The van der Waals surface area contributed by atoms with Crippen molar-refractivity contribution >= 4 is 39.9 Å². The molecule has 0 unspecified atom stereocenters. The van der Waals surface area contributed by atoms with Gasteiger partial charge in [0.25, 0.3) is 0 Å². The largest absolute Gasteiger partial charge is 0.462 e. The number of anilines is 2. The molecule has 0 fully saturated rings. The second kappa shape index (κ2) is 13.5. The van der Waals surface area contributed by atoms with E-state index < -0.39 is 16.6 Å². The summed E-state index contributed by atoms with van der Waals surface area (Å²) in [5, 5.41) is 0. The summed E-state index contributed by atoms with van der Waals surface area (Å²) >= 11 is 0. The average molecular weight is 517 g/mol. The molecule has 0 atom stereocenters. The van der Waals surface area contributed by atoms with E-state index in [4.69, 9.17) is 25.1 Å². The lowest BCUT2D eigenvalue weighted by molar-refractivity contribution is 0.0490. The average Bonchev–Trinajstić information content (AvgIpc) is 2.77. The molecular formula is C26H40N2O5Si2. The van der Waals surface area contributed by atoms with Crippen LogP contribution in [0.2, 0.25) is 38.3 Å². The Morgan fingerprint density at radius 3 is 1.46 bits per heavy atom. The van der Waals surface area contributed by atoms with E-state index in [9.17, 15) is 9.59 Å². The predicted molar refractivity (Wildman–Crippen MR) is 146 cm³/mol. The van der Waals surface area contributed by atoms with E-state index in [-0.39, 0.29) is 11.9 Å². The van der Waals surface area contributed by atoms with E-state index in [2.05, 4.69) is 26.2 Å². The van der Waals surface area contributed by atoms with Crippen LogP contribution in [-0.2, 0) is 13.6 Å². The van der Waals surface area contributed by atoms with Crippen LogP contribution in [0.15, 0.2) is 48.5 Å². The number of hydrogen-bond acceptors (Lipinski definition) is 7. The third-order valence-electron chi connectivity index (χ3n) is 5.61. The molecule has 7 nitrogen and oxygen atoms in total. The fourth-order valence-electron chi connectivity index (χ4n) is 3.98. The molecule has 2 rings (SSSR count). The van der Waals surface area contributed by atoms with Crippen molar-refractivity contribution in [3.8, 4) is 0 Å². The van der Waals surface area contributed by atoms with Crippen molar-refractivity contribution in [2.75, 3.05) is 24.7 Å². The Hall–Kier alpha value is -2.63. The van der Waals surface area contributed by atoms with Gasteiger partial charge in [-0.15, -0.1) is 0 Å². The molecule has 0 spiro atoms. The third-order valence-corrected chi connectivity index (χ3v) is 13.1. The Bertz CT molecular complexity index is 904. The monoisotopic (exact) mass is 516 g/mol. The molecule has 0 aliphatic heterocycles. The Morgan fingerprint density at radius 2 is 1.09 bits per heavy atom. The lowest BCUT2D eigenvalue weighted by Crippen LogP contribution is -2.44. The second-order valence-electron chi connectivity index (χ2n) is 10.1. The highest BCUT2D eigenvalue weighted by Crippen LogP contribution is 2.25. The topological polar surface area (TPSA) is 114 Å². The molecule has 192 valence electrons. The van der Waals surface area contributed by atoms with Crippen molar-refractivity contribution in [1.82, 2.24) is 0 Å². The molecule has 0 aliphatic carbocycles. The van der Waals surface area contributed by atoms with E-state index in [1.807, 2.05) is 0 Å². The molecule has 0 aromatic heterocycles. The minimum absolute atomic E-state index is 0.336. The summed E-state index contributed by atoms with van der Waals surface area (Å²) in [7, 11) is -3.63. The zero-order valence-electron chi connectivity index (χ0n) is 21.5. The fourth-order valence-corrected chi connectivity index (χ4v) is 13.0. The Labute approximate surface area is 211 Å². The van der Waals surface area contributed by atoms with Crippen LogP contribution in [0.1, 0.15) is 46.4 Å². The van der Waals surface area contributed by atoms with Crippen LogP contribution >= 0.6 is 0 Å². The maximum absolute atomic E-state index is 12.1. The molecule has 2 aromatic rings. The summed E-state index contributed by atoms with van der Waals surface area (Å²) in [5.74, 6) is -0.672. The molecule has 0 saturated carbocycles. The summed E-state index contributed by atoms with van der Waals surface area (Å²) in [5.41, 5.74) is 13.5. The molecule has 0 bridgehead atoms. The Morgan fingerprint density at radius 1 is 0.686 bits per heavy atom. The summed E-state index contributed by atoms with van der Waals surface area (Å²) in [4.78, 5) is 24.2. The number of nitrogens with two attached hydrogens (primary N) is 2. The highest BCUT2D eigenvalue weighted by molar-refractivity contribution is 6.84. The highest BCUT2D eigenvalue weighted by atomic mass is 28.4. The maximum atomic E-state index is 12.1. The van der Waals surface area contributed by atoms with E-state index >= 15 is 0 Å². The van der Waals surface area contributed by atoms with Gasteiger partial charge in [0.05, 0.1) is 24.3 Å². The molecule has 0 saturated heterocycles. The number of hydrogen-bond donors (Lipinski definition) is 2. The smallest absolute Gasteiger partial charge is 0.338 e. The first-order valence-electron chi connectivity index (χ1n) is 12.2. The minimum Gasteiger partial charge on any atom is -0.462 e. The van der Waals surface area contributed by atoms with Crippen LogP contribution in [0.25, 0.3) is 0 Å². The number of benzene rings is 2. The Kier molecular flexibility index (Phi) is 11.0. The molecular weight excluding hydrogens is 476 g/mol. The normalized spacial score (nSPS) is 11.8. The molecule has 4 N–H and O–H groups in total. The van der Waals surface area contributed by atoms with Crippen LogP contribution in [-0.4, -0.2) is 41.8 Å². The molecule has 0 heterocycles. The van der Waals surface area contributed by atoms with Crippen molar-refractivity contribution in [2.24, 2.45) is 0 Å². The summed E-state index contributed by atoms with van der Waals surface area (Å²) in [6.07, 6.45) is 3.56. The van der Waals surface area contributed by atoms with Gasteiger partial charge in [-0.2, -0.15) is 0 Å². The first kappa shape index (κ1) is 28.6. The summed E-state index contributed by atoms with van der Waals surface area (Å²) < 4.78 is 17.4. The first-order valence-corrected chi connectivity index (χ1v) is 18.5. The number of nitrogen functional groups attached to an aromatic ring is 2. The van der Waals surface area contributed by atoms with Crippen LogP contribution in [0.3, 0.4) is 0 Å². The number of carbonyl (C=O) groups is 2. The van der Waals surface area contributed by atoms with Crippen LogP contribution in [0, 0.1) is 0 Å². The van der Waals surface area contributed by atoms with Gasteiger partial charge in [0.15, 0.2) is 16.6 Å². The Balaban J connectivity index is 1.61. The fraction of sp³-hybridized carbons (Fsp3) is 0.462. The minimum atomic E-state index is -1.82. The third kappa shape index (κ3) is 11.1. The van der Waals surface area contributed by atoms with Crippen LogP contribution < -0.4 is 11.5 Å². The van der Waals surface area contributed by atoms with Gasteiger partial charge in [-0.05, 0) is 87.5 Å². The quantitative estimate of drug-likeness (QED) is 0.140. The molecule has 9 heteroatoms. The molecule has 0 aliphatic rings. The molecule has 0 amide bonds. The van der Waals surface area contributed by atoms with Crippen molar-refractivity contribution in [1.29, 1.82) is 0 Å². The lowest BCUT2D eigenvalue weighted by atomic mass is 10.2. The number of rotatable bonds is 14. The van der Waals surface area contributed by atoms with Gasteiger partial charge in [-0.3, -0.25) is 0 Å². The highest BCUT2D eigenvalue weighted by Gasteiger charge is 2.32. The van der Waals surface area contributed by atoms with Crippen molar-refractivity contribution in [3.05, 3.63) is 59.7 Å². The summed E-state index contributed by atoms with van der Waals surface area (Å²) in [6, 6.07) is 15.7. The summed E-state index contributed by atoms with van der Waals surface area (Å²) in [6.45, 7) is 9.82. The van der Waals surface area contributed by atoms with Crippen LogP contribution in [0.4, 0.5) is 11.4 Å². The van der Waals surface area contributed by atoms with E-state index in [1.165, 1.54) is 0 Å². The van der Waals surface area contributed by atoms with Gasteiger partial charge in [0, 0.05) is 11.4 Å². The molecule has 0 radical (unpaired) electrons. The van der Waals surface area contributed by atoms with E-state index in [0.29, 0.717) is 35.7 Å². The van der Waals surface area contributed by atoms with Gasteiger partial charge in [-0.25, -0.2) is 9.59 Å². The number of carbonyl (C=O) groups excluding carboxylic acids is 2. The number of unbranched alkanes of at least 4 members (excludes halogenated alkanes) is 2. The van der Waals surface area contributed by atoms with E-state index in [1.54, 1.807) is 48.5 Å². The first-order chi connectivity index (χ1) is 16.5. The van der Waals surface area contributed by atoms with Crippen molar-refractivity contribution < 1.29 is 23.2 Å². The second-order valence-corrected chi connectivity index (χ2v) is 18.9. The number of esters is 2. The van der Waals surface area contributed by atoms with Gasteiger partial charge in [-0.1, -0.05) is 25.0 Å².